The highest BCUT2D eigenvalue weighted by Crippen LogP contribution is 2.32. The van der Waals surface area contributed by atoms with Crippen LogP contribution in [0.5, 0.6) is 0 Å². The number of hydrogen-bond acceptors (Lipinski definition) is 3. The third kappa shape index (κ3) is 2.32. The topological polar surface area (TPSA) is 42.0 Å². The number of amides is 1. The number of aromatic nitrogens is 1. The van der Waals surface area contributed by atoms with Crippen molar-refractivity contribution in [3.8, 4) is 0 Å². The Morgan fingerprint density at radius 1 is 1.62 bits per heavy atom. The number of nitrogens with one attached hydrogen (secondary N) is 1. The zero-order valence-electron chi connectivity index (χ0n) is 9.67. The van der Waals surface area contributed by atoms with E-state index in [0.717, 1.165) is 18.8 Å². The Morgan fingerprint density at radius 3 is 3.06 bits per heavy atom. The zero-order chi connectivity index (χ0) is 11.7. The van der Waals surface area contributed by atoms with Crippen molar-refractivity contribution < 1.29 is 4.79 Å². The molecule has 1 aliphatic carbocycles. The van der Waals surface area contributed by atoms with Gasteiger partial charge in [-0.2, -0.15) is 0 Å². The van der Waals surface area contributed by atoms with Crippen molar-refractivity contribution in [1.82, 2.24) is 4.98 Å². The number of hydrogen-bond donors (Lipinski definition) is 1. The first kappa shape index (κ1) is 11.3. The first-order valence-electron chi connectivity index (χ1n) is 5.51. The molecule has 16 heavy (non-hydrogen) atoms. The maximum Gasteiger partial charge on any atom is 0.252 e. The van der Waals surface area contributed by atoms with Gasteiger partial charge in [0.2, 0.25) is 0 Å². The molecule has 4 heteroatoms. The third-order valence-corrected chi connectivity index (χ3v) is 3.83. The smallest absolute Gasteiger partial charge is 0.252 e. The monoisotopic (exact) mass is 236 g/mol. The minimum Gasteiger partial charge on any atom is -0.298 e. The molecule has 1 atom stereocenters. The predicted octanol–water partition coefficient (Wildman–Crippen LogP) is 2.78. The van der Waals surface area contributed by atoms with Gasteiger partial charge in [0.1, 0.15) is 0 Å². The first-order chi connectivity index (χ1) is 7.56. The van der Waals surface area contributed by atoms with Crippen molar-refractivity contribution in [3.05, 3.63) is 22.7 Å². The van der Waals surface area contributed by atoms with E-state index in [-0.39, 0.29) is 5.91 Å². The lowest BCUT2D eigenvalue weighted by Crippen LogP contribution is -2.11. The van der Waals surface area contributed by atoms with Gasteiger partial charge in [0.15, 0.2) is 5.13 Å². The largest absolute Gasteiger partial charge is 0.298 e. The number of carbonyl (C=O) groups is 1. The van der Waals surface area contributed by atoms with Crippen molar-refractivity contribution in [2.24, 2.45) is 5.92 Å². The summed E-state index contributed by atoms with van der Waals surface area (Å²) in [6, 6.07) is 0. The van der Waals surface area contributed by atoms with Crippen LogP contribution in [0.2, 0.25) is 0 Å². The second-order valence-electron chi connectivity index (χ2n) is 4.47. The van der Waals surface area contributed by atoms with Crippen LogP contribution in [0, 0.1) is 5.92 Å². The lowest BCUT2D eigenvalue weighted by atomic mass is 9.93. The average Bonchev–Trinajstić information content (AvgIpc) is 2.58. The quantitative estimate of drug-likeness (QED) is 0.802. The Morgan fingerprint density at radius 2 is 2.38 bits per heavy atom. The maximum absolute atomic E-state index is 11.4. The lowest BCUT2D eigenvalue weighted by molar-refractivity contribution is -0.112. The molecule has 0 saturated carbocycles. The van der Waals surface area contributed by atoms with Crippen molar-refractivity contribution in [1.29, 1.82) is 0 Å². The van der Waals surface area contributed by atoms with E-state index in [0.29, 0.717) is 10.7 Å². The summed E-state index contributed by atoms with van der Waals surface area (Å²) >= 11 is 1.60. The van der Waals surface area contributed by atoms with Crippen LogP contribution in [0.25, 0.3) is 0 Å². The van der Waals surface area contributed by atoms with E-state index in [1.54, 1.807) is 18.3 Å². The fourth-order valence-electron chi connectivity index (χ4n) is 1.80. The number of carbonyl (C=O) groups excluding carboxylic acids is 1. The SMILES string of the molecule is C=C(C)C(=O)Nc1nc2c(s1)CC(C)CC2. The van der Waals surface area contributed by atoms with Gasteiger partial charge in [-0.15, -0.1) is 11.3 Å². The minimum absolute atomic E-state index is 0.140. The van der Waals surface area contributed by atoms with Crippen LogP contribution in [0.4, 0.5) is 5.13 Å². The molecule has 1 aromatic rings. The summed E-state index contributed by atoms with van der Waals surface area (Å²) in [5.41, 5.74) is 1.68. The molecule has 3 nitrogen and oxygen atoms in total. The van der Waals surface area contributed by atoms with E-state index in [9.17, 15) is 4.79 Å². The van der Waals surface area contributed by atoms with Gasteiger partial charge >= 0.3 is 0 Å². The molecule has 1 aliphatic rings. The van der Waals surface area contributed by atoms with Crippen molar-refractivity contribution in [2.45, 2.75) is 33.1 Å². The molecule has 1 amide bonds. The second kappa shape index (κ2) is 4.37. The van der Waals surface area contributed by atoms with E-state index >= 15 is 0 Å². The van der Waals surface area contributed by atoms with Crippen LogP contribution >= 0.6 is 11.3 Å². The Bertz CT molecular complexity index is 436. The molecule has 0 radical (unpaired) electrons. The number of anilines is 1. The van der Waals surface area contributed by atoms with Crippen LogP contribution in [0.3, 0.4) is 0 Å². The Kier molecular flexibility index (Phi) is 3.10. The molecule has 86 valence electrons. The fourth-order valence-corrected chi connectivity index (χ4v) is 2.96. The van der Waals surface area contributed by atoms with E-state index in [1.807, 2.05) is 0 Å². The van der Waals surface area contributed by atoms with Crippen molar-refractivity contribution in [2.75, 3.05) is 5.32 Å². The number of rotatable bonds is 2. The molecule has 0 saturated heterocycles. The second-order valence-corrected chi connectivity index (χ2v) is 5.55. The molecule has 1 aromatic heterocycles. The molecule has 0 aliphatic heterocycles. The van der Waals surface area contributed by atoms with Crippen LogP contribution in [-0.4, -0.2) is 10.9 Å². The summed E-state index contributed by atoms with van der Waals surface area (Å²) in [5, 5.41) is 3.50. The molecule has 1 N–H and O–H groups in total. The number of thiazole rings is 1. The van der Waals surface area contributed by atoms with Gasteiger partial charge in [-0.05, 0) is 32.1 Å². The molecule has 0 aromatic carbocycles. The van der Waals surface area contributed by atoms with Gasteiger partial charge in [0.25, 0.3) is 5.91 Å². The number of aryl methyl sites for hydroxylation is 1. The minimum atomic E-state index is -0.140. The highest BCUT2D eigenvalue weighted by atomic mass is 32.1. The van der Waals surface area contributed by atoms with Gasteiger partial charge < -0.3 is 0 Å². The summed E-state index contributed by atoms with van der Waals surface area (Å²) in [6.45, 7) is 7.57. The molecule has 0 bridgehead atoms. The van der Waals surface area contributed by atoms with E-state index < -0.39 is 0 Å². The summed E-state index contributed by atoms with van der Waals surface area (Å²) in [7, 11) is 0. The Balaban J connectivity index is 2.13. The zero-order valence-corrected chi connectivity index (χ0v) is 10.5. The van der Waals surface area contributed by atoms with Crippen LogP contribution in [0.15, 0.2) is 12.2 Å². The summed E-state index contributed by atoms with van der Waals surface area (Å²) in [6.07, 6.45) is 3.33. The molecular weight excluding hydrogens is 220 g/mol. The fraction of sp³-hybridized carbons (Fsp3) is 0.500. The standard InChI is InChI=1S/C12H16N2OS/c1-7(2)11(15)14-12-13-9-5-4-8(3)6-10(9)16-12/h8H,1,4-6H2,2-3H3,(H,13,14,15). The normalized spacial score (nSPS) is 19.0. The highest BCUT2D eigenvalue weighted by molar-refractivity contribution is 7.15. The average molecular weight is 236 g/mol. The third-order valence-electron chi connectivity index (χ3n) is 2.79. The van der Waals surface area contributed by atoms with Gasteiger partial charge in [0, 0.05) is 10.5 Å². The van der Waals surface area contributed by atoms with E-state index in [1.165, 1.54) is 17.0 Å². The van der Waals surface area contributed by atoms with Crippen LogP contribution < -0.4 is 5.32 Å². The summed E-state index contributed by atoms with van der Waals surface area (Å²) < 4.78 is 0. The van der Waals surface area contributed by atoms with Gasteiger partial charge in [0.05, 0.1) is 5.69 Å². The van der Waals surface area contributed by atoms with E-state index in [4.69, 9.17) is 0 Å². The number of nitrogens with zero attached hydrogens (tertiary/aromatic N) is 1. The Labute approximate surface area is 99.6 Å². The molecular formula is C12H16N2OS. The van der Waals surface area contributed by atoms with Crippen molar-refractivity contribution in [3.63, 3.8) is 0 Å². The molecule has 1 unspecified atom stereocenters. The predicted molar refractivity (Wildman–Crippen MR) is 66.7 cm³/mol. The summed E-state index contributed by atoms with van der Waals surface area (Å²) in [4.78, 5) is 17.2. The maximum atomic E-state index is 11.4. The number of fused-ring (bicyclic) bond motifs is 1. The van der Waals surface area contributed by atoms with Gasteiger partial charge in [-0.1, -0.05) is 13.5 Å². The van der Waals surface area contributed by atoms with Gasteiger partial charge in [-0.25, -0.2) is 4.98 Å². The van der Waals surface area contributed by atoms with E-state index in [2.05, 4.69) is 23.8 Å². The van der Waals surface area contributed by atoms with Gasteiger partial charge in [-0.3, -0.25) is 10.1 Å². The van der Waals surface area contributed by atoms with Crippen LogP contribution in [0.1, 0.15) is 30.8 Å². The molecule has 0 fully saturated rings. The Hall–Kier alpha value is -1.16. The molecule has 1 heterocycles. The first-order valence-corrected chi connectivity index (χ1v) is 6.33. The lowest BCUT2D eigenvalue weighted by Gasteiger charge is -2.15. The highest BCUT2D eigenvalue weighted by Gasteiger charge is 2.20. The molecule has 0 spiro atoms. The van der Waals surface area contributed by atoms with Crippen molar-refractivity contribution >= 4 is 22.4 Å². The van der Waals surface area contributed by atoms with Crippen LogP contribution in [-0.2, 0) is 17.6 Å². The summed E-state index contributed by atoms with van der Waals surface area (Å²) in [5.74, 6) is 0.594. The molecule has 2 rings (SSSR count).